The van der Waals surface area contributed by atoms with Crippen molar-refractivity contribution in [3.05, 3.63) is 0 Å². The highest BCUT2D eigenvalue weighted by molar-refractivity contribution is 7.99. The van der Waals surface area contributed by atoms with Crippen molar-refractivity contribution in [2.24, 2.45) is 4.99 Å². The van der Waals surface area contributed by atoms with Crippen molar-refractivity contribution < 1.29 is 9.47 Å². The fourth-order valence-electron chi connectivity index (χ4n) is 2.91. The van der Waals surface area contributed by atoms with Gasteiger partial charge in [0.2, 0.25) is 0 Å². The van der Waals surface area contributed by atoms with E-state index in [-0.39, 0.29) is 0 Å². The number of nitrogens with zero attached hydrogens (tertiary/aromatic N) is 1. The summed E-state index contributed by atoms with van der Waals surface area (Å²) in [6.45, 7) is 3.08. The number of hydrogen-bond donors (Lipinski definition) is 2. The van der Waals surface area contributed by atoms with Crippen molar-refractivity contribution in [2.75, 3.05) is 39.7 Å². The van der Waals surface area contributed by atoms with Gasteiger partial charge in [-0.05, 0) is 38.4 Å². The van der Waals surface area contributed by atoms with Crippen LogP contribution in [0.5, 0.6) is 0 Å². The molecule has 0 aromatic heterocycles. The second-order valence-corrected chi connectivity index (χ2v) is 6.86. The zero-order chi connectivity index (χ0) is 14.9. The van der Waals surface area contributed by atoms with Crippen LogP contribution in [0.3, 0.4) is 0 Å². The molecule has 1 saturated heterocycles. The molecular formula is C15H29N3O2S. The van der Waals surface area contributed by atoms with Crippen LogP contribution in [0, 0.1) is 0 Å². The molecular weight excluding hydrogens is 286 g/mol. The predicted molar refractivity (Wildman–Crippen MR) is 89.2 cm³/mol. The summed E-state index contributed by atoms with van der Waals surface area (Å²) in [7, 11) is 1.82. The van der Waals surface area contributed by atoms with Crippen molar-refractivity contribution in [1.29, 1.82) is 0 Å². The fourth-order valence-corrected chi connectivity index (χ4v) is 3.70. The van der Waals surface area contributed by atoms with Crippen molar-refractivity contribution in [3.8, 4) is 0 Å². The number of hydrogen-bond acceptors (Lipinski definition) is 4. The molecule has 2 aliphatic rings. The molecule has 2 rings (SSSR count). The van der Waals surface area contributed by atoms with Crippen LogP contribution in [0.2, 0.25) is 0 Å². The van der Waals surface area contributed by atoms with Gasteiger partial charge < -0.3 is 20.1 Å². The second kappa shape index (κ2) is 9.54. The van der Waals surface area contributed by atoms with Gasteiger partial charge in [0.25, 0.3) is 0 Å². The van der Waals surface area contributed by atoms with Gasteiger partial charge in [-0.2, -0.15) is 11.8 Å². The molecule has 21 heavy (non-hydrogen) atoms. The molecule has 3 atom stereocenters. The lowest BCUT2D eigenvalue weighted by atomic mass is 10.2. The van der Waals surface area contributed by atoms with Crippen LogP contribution in [0.4, 0.5) is 0 Å². The van der Waals surface area contributed by atoms with Crippen LogP contribution in [0.25, 0.3) is 0 Å². The molecule has 122 valence electrons. The van der Waals surface area contributed by atoms with Gasteiger partial charge in [-0.3, -0.25) is 4.99 Å². The van der Waals surface area contributed by atoms with E-state index < -0.39 is 0 Å². The molecule has 3 unspecified atom stereocenters. The highest BCUT2D eigenvalue weighted by atomic mass is 32.2. The molecule has 1 aliphatic heterocycles. The summed E-state index contributed by atoms with van der Waals surface area (Å²) in [5, 5.41) is 7.63. The van der Waals surface area contributed by atoms with E-state index in [0.29, 0.717) is 25.4 Å². The van der Waals surface area contributed by atoms with E-state index in [4.69, 9.17) is 9.47 Å². The first-order valence-corrected chi connectivity index (χ1v) is 9.30. The molecule has 1 aliphatic carbocycles. The Hall–Kier alpha value is -0.460. The zero-order valence-electron chi connectivity index (χ0n) is 13.3. The summed E-state index contributed by atoms with van der Waals surface area (Å²) < 4.78 is 11.2. The van der Waals surface area contributed by atoms with Gasteiger partial charge in [-0.1, -0.05) is 0 Å². The minimum absolute atomic E-state index is 0.310. The highest BCUT2D eigenvalue weighted by Gasteiger charge is 2.24. The third-order valence-corrected chi connectivity index (χ3v) is 5.24. The Morgan fingerprint density at radius 3 is 2.95 bits per heavy atom. The minimum Gasteiger partial charge on any atom is -0.377 e. The van der Waals surface area contributed by atoms with E-state index in [2.05, 4.69) is 21.9 Å². The Morgan fingerprint density at radius 1 is 1.38 bits per heavy atom. The zero-order valence-corrected chi connectivity index (χ0v) is 14.1. The van der Waals surface area contributed by atoms with Crippen LogP contribution in [0.1, 0.15) is 32.1 Å². The lowest BCUT2D eigenvalue weighted by Crippen LogP contribution is -2.43. The summed E-state index contributed by atoms with van der Waals surface area (Å²) in [5.41, 5.74) is 0. The molecule has 0 aromatic carbocycles. The predicted octanol–water partition coefficient (Wildman–Crippen LogP) is 1.63. The maximum atomic E-state index is 5.64. The molecule has 6 heteroatoms. The Balaban J connectivity index is 1.53. The van der Waals surface area contributed by atoms with Gasteiger partial charge in [0.15, 0.2) is 5.96 Å². The van der Waals surface area contributed by atoms with E-state index in [9.17, 15) is 0 Å². The number of nitrogens with one attached hydrogen (secondary N) is 2. The van der Waals surface area contributed by atoms with Crippen LogP contribution in [-0.2, 0) is 9.47 Å². The SMILES string of the molecule is CN=C(NCCOCC1CCCO1)NC1CCC(SC)C1. The molecule has 1 saturated carbocycles. The normalized spacial score (nSPS) is 29.8. The van der Waals surface area contributed by atoms with Crippen molar-refractivity contribution in [3.63, 3.8) is 0 Å². The standard InChI is InChI=1S/C15H29N3O2S/c1-16-15(18-12-5-6-14(10-12)21-2)17-7-9-19-11-13-4-3-8-20-13/h12-14H,3-11H2,1-2H3,(H2,16,17,18). The van der Waals surface area contributed by atoms with E-state index in [1.807, 2.05) is 18.8 Å². The third-order valence-electron chi connectivity index (χ3n) is 4.15. The maximum Gasteiger partial charge on any atom is 0.191 e. The Kier molecular flexibility index (Phi) is 7.68. The number of aliphatic imine (C=N–C) groups is 1. The number of ether oxygens (including phenoxy) is 2. The molecule has 0 radical (unpaired) electrons. The molecule has 0 bridgehead atoms. The Bertz CT molecular complexity index is 322. The van der Waals surface area contributed by atoms with Crippen LogP contribution in [-0.4, -0.2) is 63.0 Å². The third kappa shape index (κ3) is 6.04. The largest absolute Gasteiger partial charge is 0.377 e. The molecule has 0 aromatic rings. The summed E-state index contributed by atoms with van der Waals surface area (Å²) in [6.07, 6.45) is 8.59. The van der Waals surface area contributed by atoms with E-state index in [1.165, 1.54) is 25.7 Å². The van der Waals surface area contributed by atoms with E-state index in [1.54, 1.807) is 0 Å². The molecule has 2 N–H and O–H groups in total. The van der Waals surface area contributed by atoms with E-state index >= 15 is 0 Å². The molecule has 1 heterocycles. The van der Waals surface area contributed by atoms with E-state index in [0.717, 1.165) is 30.8 Å². The maximum absolute atomic E-state index is 5.64. The van der Waals surface area contributed by atoms with Crippen molar-refractivity contribution in [2.45, 2.75) is 49.5 Å². The summed E-state index contributed by atoms with van der Waals surface area (Å²) >= 11 is 1.98. The molecule has 0 spiro atoms. The highest BCUT2D eigenvalue weighted by Crippen LogP contribution is 2.27. The van der Waals surface area contributed by atoms with Gasteiger partial charge >= 0.3 is 0 Å². The molecule has 0 amide bonds. The minimum atomic E-state index is 0.310. The summed E-state index contributed by atoms with van der Waals surface area (Å²) in [4.78, 5) is 4.28. The van der Waals surface area contributed by atoms with Gasteiger partial charge in [0.1, 0.15) is 0 Å². The topological polar surface area (TPSA) is 54.9 Å². The summed E-state index contributed by atoms with van der Waals surface area (Å²) in [5.74, 6) is 0.891. The first-order chi connectivity index (χ1) is 10.3. The lowest BCUT2D eigenvalue weighted by Gasteiger charge is -2.17. The quantitative estimate of drug-likeness (QED) is 0.425. The van der Waals surface area contributed by atoms with Crippen molar-refractivity contribution >= 4 is 17.7 Å². The monoisotopic (exact) mass is 315 g/mol. The van der Waals surface area contributed by atoms with Crippen LogP contribution in [0.15, 0.2) is 4.99 Å². The average molecular weight is 315 g/mol. The number of thioether (sulfide) groups is 1. The Morgan fingerprint density at radius 2 is 2.29 bits per heavy atom. The molecule has 5 nitrogen and oxygen atoms in total. The first-order valence-electron chi connectivity index (χ1n) is 8.01. The van der Waals surface area contributed by atoms with Gasteiger partial charge in [0, 0.05) is 31.5 Å². The smallest absolute Gasteiger partial charge is 0.191 e. The second-order valence-electron chi connectivity index (χ2n) is 5.72. The Labute approximate surface area is 132 Å². The van der Waals surface area contributed by atoms with Gasteiger partial charge in [-0.15, -0.1) is 0 Å². The molecule has 2 fully saturated rings. The van der Waals surface area contributed by atoms with Crippen LogP contribution < -0.4 is 10.6 Å². The van der Waals surface area contributed by atoms with Gasteiger partial charge in [-0.25, -0.2) is 0 Å². The first kappa shape index (κ1) is 16.9. The summed E-state index contributed by atoms with van der Waals surface area (Å²) in [6, 6.07) is 0.557. The lowest BCUT2D eigenvalue weighted by molar-refractivity contribution is 0.0191. The average Bonchev–Trinajstić information content (AvgIpc) is 3.16. The van der Waals surface area contributed by atoms with Gasteiger partial charge in [0.05, 0.1) is 19.3 Å². The number of rotatable bonds is 7. The van der Waals surface area contributed by atoms with Crippen molar-refractivity contribution in [1.82, 2.24) is 10.6 Å². The fraction of sp³-hybridized carbons (Fsp3) is 0.933. The van der Waals surface area contributed by atoms with Crippen LogP contribution >= 0.6 is 11.8 Å². The number of guanidine groups is 1.